The highest BCUT2D eigenvalue weighted by Gasteiger charge is 2.18. The minimum atomic E-state index is 0.522. The Bertz CT molecular complexity index is 294. The average molecular weight is 178 g/mol. The van der Waals surface area contributed by atoms with E-state index in [1.54, 1.807) is 6.33 Å². The summed E-state index contributed by atoms with van der Waals surface area (Å²) in [6.07, 6.45) is 8.34. The summed E-state index contributed by atoms with van der Waals surface area (Å²) in [7, 11) is 0. The highest BCUT2D eigenvalue weighted by atomic mass is 15.3. The molecular formula is C9H14N4. The fourth-order valence-electron chi connectivity index (χ4n) is 1.72. The van der Waals surface area contributed by atoms with Crippen LogP contribution < -0.4 is 5.73 Å². The minimum Gasteiger partial charge on any atom is -0.329 e. The molecule has 1 aliphatic carbocycles. The first kappa shape index (κ1) is 8.44. The zero-order valence-electron chi connectivity index (χ0n) is 7.56. The molecule has 2 rings (SSSR count). The maximum absolute atomic E-state index is 5.50. The van der Waals surface area contributed by atoms with Gasteiger partial charge in [0.05, 0.1) is 0 Å². The van der Waals surface area contributed by atoms with Gasteiger partial charge in [0.15, 0.2) is 0 Å². The van der Waals surface area contributed by atoms with E-state index in [1.807, 2.05) is 0 Å². The van der Waals surface area contributed by atoms with Crippen molar-refractivity contribution in [3.05, 3.63) is 24.3 Å². The molecule has 1 aliphatic rings. The molecule has 0 amide bonds. The van der Waals surface area contributed by atoms with E-state index in [9.17, 15) is 0 Å². The van der Waals surface area contributed by atoms with Crippen LogP contribution in [-0.4, -0.2) is 21.3 Å². The summed E-state index contributed by atoms with van der Waals surface area (Å²) in [5.41, 5.74) is 5.50. The normalized spacial score (nSPS) is 17.0. The van der Waals surface area contributed by atoms with Crippen LogP contribution in [0, 0.1) is 0 Å². The van der Waals surface area contributed by atoms with Crippen molar-refractivity contribution in [1.82, 2.24) is 14.8 Å². The van der Waals surface area contributed by atoms with Crippen molar-refractivity contribution in [3.63, 3.8) is 0 Å². The van der Waals surface area contributed by atoms with Crippen LogP contribution in [0.15, 0.2) is 18.5 Å². The first-order valence-corrected chi connectivity index (χ1v) is 4.64. The van der Waals surface area contributed by atoms with Crippen LogP contribution >= 0.6 is 0 Å². The lowest BCUT2D eigenvalue weighted by atomic mass is 10.1. The molecule has 1 aromatic rings. The number of allylic oxidation sites excluding steroid dienone is 2. The second-order valence-corrected chi connectivity index (χ2v) is 3.31. The number of aromatic nitrogens is 3. The molecule has 0 aliphatic heterocycles. The van der Waals surface area contributed by atoms with Gasteiger partial charge in [-0.2, -0.15) is 0 Å². The van der Waals surface area contributed by atoms with Gasteiger partial charge >= 0.3 is 0 Å². The number of hydrogen-bond donors (Lipinski definition) is 1. The Morgan fingerprint density at radius 1 is 1.46 bits per heavy atom. The molecular weight excluding hydrogens is 164 g/mol. The van der Waals surface area contributed by atoms with Crippen LogP contribution in [0.25, 0.3) is 0 Å². The standard InChI is InChI=1S/C9H14N4/c10-5-6-13-7-11-12-9(13)8-3-1-2-4-8/h1-2,7-8H,3-6,10H2. The summed E-state index contributed by atoms with van der Waals surface area (Å²) in [6.45, 7) is 1.46. The van der Waals surface area contributed by atoms with Crippen molar-refractivity contribution in [1.29, 1.82) is 0 Å². The summed E-state index contributed by atoms with van der Waals surface area (Å²) in [5, 5.41) is 8.05. The molecule has 0 radical (unpaired) electrons. The van der Waals surface area contributed by atoms with Crippen molar-refractivity contribution in [2.24, 2.45) is 5.73 Å². The molecule has 70 valence electrons. The molecule has 0 atom stereocenters. The van der Waals surface area contributed by atoms with Crippen LogP contribution in [0.3, 0.4) is 0 Å². The predicted molar refractivity (Wildman–Crippen MR) is 50.2 cm³/mol. The fourth-order valence-corrected chi connectivity index (χ4v) is 1.72. The topological polar surface area (TPSA) is 56.7 Å². The highest BCUT2D eigenvalue weighted by Crippen LogP contribution is 2.27. The second kappa shape index (κ2) is 3.70. The third-order valence-corrected chi connectivity index (χ3v) is 2.39. The van der Waals surface area contributed by atoms with E-state index in [2.05, 4.69) is 26.9 Å². The molecule has 0 spiro atoms. The van der Waals surface area contributed by atoms with E-state index >= 15 is 0 Å². The van der Waals surface area contributed by atoms with Gasteiger partial charge in [0, 0.05) is 19.0 Å². The number of nitrogens with two attached hydrogens (primary N) is 1. The van der Waals surface area contributed by atoms with Gasteiger partial charge in [0.2, 0.25) is 0 Å². The Labute approximate surface area is 77.5 Å². The summed E-state index contributed by atoms with van der Waals surface area (Å²) in [6, 6.07) is 0. The van der Waals surface area contributed by atoms with Gasteiger partial charge in [-0.3, -0.25) is 0 Å². The molecule has 0 saturated heterocycles. The van der Waals surface area contributed by atoms with Crippen molar-refractivity contribution >= 4 is 0 Å². The molecule has 13 heavy (non-hydrogen) atoms. The summed E-state index contributed by atoms with van der Waals surface area (Å²) >= 11 is 0. The van der Waals surface area contributed by atoms with Crippen LogP contribution in [0.5, 0.6) is 0 Å². The molecule has 2 N–H and O–H groups in total. The van der Waals surface area contributed by atoms with Crippen molar-refractivity contribution < 1.29 is 0 Å². The zero-order valence-corrected chi connectivity index (χ0v) is 7.56. The summed E-state index contributed by atoms with van der Waals surface area (Å²) in [4.78, 5) is 0. The molecule has 4 nitrogen and oxygen atoms in total. The van der Waals surface area contributed by atoms with E-state index in [0.717, 1.165) is 25.2 Å². The van der Waals surface area contributed by atoms with Gasteiger partial charge in [0.25, 0.3) is 0 Å². The smallest absolute Gasteiger partial charge is 0.136 e. The third kappa shape index (κ3) is 1.62. The van der Waals surface area contributed by atoms with Gasteiger partial charge in [-0.1, -0.05) is 12.2 Å². The van der Waals surface area contributed by atoms with Gasteiger partial charge in [-0.05, 0) is 12.8 Å². The Hall–Kier alpha value is -1.16. The highest BCUT2D eigenvalue weighted by molar-refractivity contribution is 5.08. The lowest BCUT2D eigenvalue weighted by Crippen LogP contribution is -2.13. The molecule has 1 aromatic heterocycles. The van der Waals surface area contributed by atoms with Gasteiger partial charge in [0.1, 0.15) is 12.2 Å². The predicted octanol–water partition coefficient (Wildman–Crippen LogP) is 0.670. The van der Waals surface area contributed by atoms with Gasteiger partial charge in [-0.25, -0.2) is 0 Å². The van der Waals surface area contributed by atoms with Crippen LogP contribution in [-0.2, 0) is 6.54 Å². The molecule has 0 bridgehead atoms. The van der Waals surface area contributed by atoms with E-state index in [1.165, 1.54) is 0 Å². The monoisotopic (exact) mass is 178 g/mol. The lowest BCUT2D eigenvalue weighted by molar-refractivity contribution is 0.596. The average Bonchev–Trinajstić information content (AvgIpc) is 2.71. The Kier molecular flexibility index (Phi) is 2.40. The quantitative estimate of drug-likeness (QED) is 0.692. The van der Waals surface area contributed by atoms with Crippen LogP contribution in [0.1, 0.15) is 24.6 Å². The molecule has 0 unspecified atom stereocenters. The van der Waals surface area contributed by atoms with Crippen LogP contribution in [0.4, 0.5) is 0 Å². The Morgan fingerprint density at radius 2 is 2.23 bits per heavy atom. The Balaban J connectivity index is 2.14. The van der Waals surface area contributed by atoms with Gasteiger partial charge in [-0.15, -0.1) is 10.2 Å². The largest absolute Gasteiger partial charge is 0.329 e. The fraction of sp³-hybridized carbons (Fsp3) is 0.556. The van der Waals surface area contributed by atoms with E-state index in [-0.39, 0.29) is 0 Å². The number of hydrogen-bond acceptors (Lipinski definition) is 3. The first-order valence-electron chi connectivity index (χ1n) is 4.64. The summed E-state index contributed by atoms with van der Waals surface area (Å²) in [5.74, 6) is 1.60. The lowest BCUT2D eigenvalue weighted by Gasteiger charge is -2.09. The van der Waals surface area contributed by atoms with E-state index in [4.69, 9.17) is 5.73 Å². The van der Waals surface area contributed by atoms with Crippen molar-refractivity contribution in [2.75, 3.05) is 6.54 Å². The summed E-state index contributed by atoms with van der Waals surface area (Å²) < 4.78 is 2.05. The van der Waals surface area contributed by atoms with E-state index < -0.39 is 0 Å². The zero-order chi connectivity index (χ0) is 9.10. The molecule has 1 heterocycles. The molecule has 4 heteroatoms. The molecule has 0 fully saturated rings. The maximum atomic E-state index is 5.50. The molecule has 0 saturated carbocycles. The van der Waals surface area contributed by atoms with Crippen molar-refractivity contribution in [2.45, 2.75) is 25.3 Å². The number of rotatable bonds is 3. The molecule has 0 aromatic carbocycles. The second-order valence-electron chi connectivity index (χ2n) is 3.31. The third-order valence-electron chi connectivity index (χ3n) is 2.39. The maximum Gasteiger partial charge on any atom is 0.136 e. The minimum absolute atomic E-state index is 0.522. The van der Waals surface area contributed by atoms with Gasteiger partial charge < -0.3 is 10.3 Å². The number of nitrogens with zero attached hydrogens (tertiary/aromatic N) is 3. The SMILES string of the molecule is NCCn1cnnc1C1CC=CC1. The Morgan fingerprint density at radius 3 is 2.92 bits per heavy atom. The van der Waals surface area contributed by atoms with E-state index in [0.29, 0.717) is 12.5 Å². The van der Waals surface area contributed by atoms with Crippen LogP contribution in [0.2, 0.25) is 0 Å². The first-order chi connectivity index (χ1) is 6.42. The van der Waals surface area contributed by atoms with Crippen molar-refractivity contribution in [3.8, 4) is 0 Å².